The number of aromatic nitrogens is 2. The molecule has 0 saturated heterocycles. The van der Waals surface area contributed by atoms with Crippen LogP contribution in [0.3, 0.4) is 0 Å². The zero-order chi connectivity index (χ0) is 16.6. The van der Waals surface area contributed by atoms with Gasteiger partial charge in [-0.3, -0.25) is 24.6 Å². The molecule has 0 radical (unpaired) electrons. The second-order valence-electron chi connectivity index (χ2n) is 4.98. The molecule has 116 valence electrons. The SMILES string of the molecule is C=C(C)C(=O)Nc1nnc(CN2C(=O)c3ccccc3C2=O)s1. The molecule has 0 aliphatic carbocycles. The number of imide groups is 1. The van der Waals surface area contributed by atoms with Crippen molar-refractivity contribution in [3.63, 3.8) is 0 Å². The van der Waals surface area contributed by atoms with Crippen molar-refractivity contribution >= 4 is 34.2 Å². The molecule has 1 aromatic carbocycles. The number of rotatable bonds is 4. The molecule has 1 N–H and O–H groups in total. The first-order valence-corrected chi connectivity index (χ1v) is 7.53. The van der Waals surface area contributed by atoms with E-state index in [9.17, 15) is 14.4 Å². The topological polar surface area (TPSA) is 92.3 Å². The zero-order valence-corrected chi connectivity index (χ0v) is 13.0. The van der Waals surface area contributed by atoms with E-state index in [0.29, 0.717) is 26.8 Å². The molecular weight excluding hydrogens is 316 g/mol. The van der Waals surface area contributed by atoms with Crippen molar-refractivity contribution in [1.82, 2.24) is 15.1 Å². The van der Waals surface area contributed by atoms with Crippen LogP contribution in [0.2, 0.25) is 0 Å². The molecule has 0 spiro atoms. The third-order valence-electron chi connectivity index (χ3n) is 3.25. The van der Waals surface area contributed by atoms with Gasteiger partial charge in [-0.15, -0.1) is 10.2 Å². The summed E-state index contributed by atoms with van der Waals surface area (Å²) in [4.78, 5) is 37.2. The van der Waals surface area contributed by atoms with E-state index in [1.54, 1.807) is 31.2 Å². The number of carbonyl (C=O) groups excluding carboxylic acids is 3. The number of nitrogens with one attached hydrogen (secondary N) is 1. The first-order chi connectivity index (χ1) is 11.0. The first-order valence-electron chi connectivity index (χ1n) is 6.72. The Morgan fingerprint density at radius 2 is 1.83 bits per heavy atom. The summed E-state index contributed by atoms with van der Waals surface area (Å²) in [6, 6.07) is 6.66. The highest BCUT2D eigenvalue weighted by molar-refractivity contribution is 7.15. The third kappa shape index (κ3) is 2.76. The lowest BCUT2D eigenvalue weighted by Crippen LogP contribution is -2.29. The number of hydrogen-bond donors (Lipinski definition) is 1. The number of amides is 3. The Morgan fingerprint density at radius 3 is 2.39 bits per heavy atom. The molecular formula is C15H12N4O3S. The van der Waals surface area contributed by atoms with E-state index in [1.807, 2.05) is 0 Å². The Labute approximate surface area is 135 Å². The minimum absolute atomic E-state index is 0.0208. The van der Waals surface area contributed by atoms with E-state index in [0.717, 1.165) is 16.2 Å². The van der Waals surface area contributed by atoms with Crippen LogP contribution in [0.25, 0.3) is 0 Å². The van der Waals surface area contributed by atoms with Gasteiger partial charge in [0.1, 0.15) is 5.01 Å². The smallest absolute Gasteiger partial charge is 0.261 e. The molecule has 23 heavy (non-hydrogen) atoms. The molecule has 0 bridgehead atoms. The molecule has 8 heteroatoms. The van der Waals surface area contributed by atoms with E-state index in [1.165, 1.54) is 0 Å². The lowest BCUT2D eigenvalue weighted by Gasteiger charge is -2.10. The number of fused-ring (bicyclic) bond motifs is 1. The average molecular weight is 328 g/mol. The fourth-order valence-electron chi connectivity index (χ4n) is 2.09. The minimum Gasteiger partial charge on any atom is -0.297 e. The van der Waals surface area contributed by atoms with Crippen LogP contribution in [0, 0.1) is 0 Å². The van der Waals surface area contributed by atoms with E-state index >= 15 is 0 Å². The van der Waals surface area contributed by atoms with Gasteiger partial charge in [-0.1, -0.05) is 30.0 Å². The second kappa shape index (κ2) is 5.73. The van der Waals surface area contributed by atoms with Crippen LogP contribution in [-0.4, -0.2) is 32.8 Å². The summed E-state index contributed by atoms with van der Waals surface area (Å²) in [5.41, 5.74) is 1.12. The van der Waals surface area contributed by atoms with Gasteiger partial charge in [0.05, 0.1) is 17.7 Å². The van der Waals surface area contributed by atoms with Crippen LogP contribution in [-0.2, 0) is 11.3 Å². The molecule has 0 atom stereocenters. The van der Waals surface area contributed by atoms with Crippen molar-refractivity contribution in [2.24, 2.45) is 0 Å². The van der Waals surface area contributed by atoms with Crippen LogP contribution < -0.4 is 5.32 Å². The lowest BCUT2D eigenvalue weighted by atomic mass is 10.1. The molecule has 1 aliphatic rings. The van der Waals surface area contributed by atoms with Gasteiger partial charge < -0.3 is 0 Å². The average Bonchev–Trinajstić information content (AvgIpc) is 3.06. The van der Waals surface area contributed by atoms with E-state index in [2.05, 4.69) is 22.1 Å². The van der Waals surface area contributed by atoms with Gasteiger partial charge in [0.2, 0.25) is 5.13 Å². The Kier molecular flexibility index (Phi) is 3.75. The van der Waals surface area contributed by atoms with Crippen LogP contribution in [0.4, 0.5) is 5.13 Å². The molecule has 3 amide bonds. The number of benzene rings is 1. The molecule has 0 unspecified atom stereocenters. The van der Waals surface area contributed by atoms with Crippen LogP contribution in [0.1, 0.15) is 32.6 Å². The van der Waals surface area contributed by atoms with Gasteiger partial charge in [0.25, 0.3) is 17.7 Å². The molecule has 1 aromatic heterocycles. The lowest BCUT2D eigenvalue weighted by molar-refractivity contribution is -0.112. The molecule has 0 saturated carbocycles. The van der Waals surface area contributed by atoms with Gasteiger partial charge in [-0.05, 0) is 19.1 Å². The molecule has 2 aromatic rings. The monoisotopic (exact) mass is 328 g/mol. The summed E-state index contributed by atoms with van der Waals surface area (Å²) in [7, 11) is 0. The fourth-order valence-corrected chi connectivity index (χ4v) is 2.81. The van der Waals surface area contributed by atoms with Gasteiger partial charge in [0, 0.05) is 5.57 Å². The predicted molar refractivity (Wildman–Crippen MR) is 84.0 cm³/mol. The number of carbonyl (C=O) groups is 3. The number of nitrogens with zero attached hydrogens (tertiary/aromatic N) is 3. The highest BCUT2D eigenvalue weighted by Crippen LogP contribution is 2.25. The van der Waals surface area contributed by atoms with Crippen molar-refractivity contribution in [2.75, 3.05) is 5.32 Å². The van der Waals surface area contributed by atoms with Crippen molar-refractivity contribution in [3.8, 4) is 0 Å². The first kappa shape index (κ1) is 15.0. The van der Waals surface area contributed by atoms with E-state index in [4.69, 9.17) is 0 Å². The van der Waals surface area contributed by atoms with Gasteiger partial charge in [-0.2, -0.15) is 0 Å². The minimum atomic E-state index is -0.353. The van der Waals surface area contributed by atoms with Crippen LogP contribution in [0.15, 0.2) is 36.4 Å². The maximum Gasteiger partial charge on any atom is 0.261 e. The molecule has 1 aliphatic heterocycles. The number of anilines is 1. The summed E-state index contributed by atoms with van der Waals surface area (Å²) in [6.07, 6.45) is 0. The van der Waals surface area contributed by atoms with Crippen molar-refractivity contribution in [1.29, 1.82) is 0 Å². The molecule has 0 fully saturated rings. The normalized spacial score (nSPS) is 13.2. The van der Waals surface area contributed by atoms with E-state index < -0.39 is 0 Å². The standard InChI is InChI=1S/C15H12N4O3S/c1-8(2)12(20)16-15-18-17-11(23-15)7-19-13(21)9-5-3-4-6-10(9)14(19)22/h3-6H,1,7H2,2H3,(H,16,18,20). The fraction of sp³-hybridized carbons (Fsp3) is 0.133. The van der Waals surface area contributed by atoms with Gasteiger partial charge >= 0.3 is 0 Å². The Hall–Kier alpha value is -2.87. The third-order valence-corrected chi connectivity index (χ3v) is 4.07. The Bertz CT molecular complexity index is 808. The van der Waals surface area contributed by atoms with Crippen molar-refractivity contribution in [3.05, 3.63) is 52.6 Å². The molecule has 7 nitrogen and oxygen atoms in total. The quantitative estimate of drug-likeness (QED) is 0.683. The summed E-state index contributed by atoms with van der Waals surface area (Å²) < 4.78 is 0. The summed E-state index contributed by atoms with van der Waals surface area (Å²) in [5.74, 6) is -1.06. The van der Waals surface area contributed by atoms with Crippen molar-refractivity contribution < 1.29 is 14.4 Å². The van der Waals surface area contributed by atoms with Gasteiger partial charge in [-0.25, -0.2) is 0 Å². The van der Waals surface area contributed by atoms with Crippen LogP contribution >= 0.6 is 11.3 Å². The van der Waals surface area contributed by atoms with Crippen LogP contribution in [0.5, 0.6) is 0 Å². The van der Waals surface area contributed by atoms with Crippen molar-refractivity contribution in [2.45, 2.75) is 13.5 Å². The highest BCUT2D eigenvalue weighted by atomic mass is 32.1. The second-order valence-corrected chi connectivity index (χ2v) is 6.04. The molecule has 2 heterocycles. The summed E-state index contributed by atoms with van der Waals surface area (Å²) >= 11 is 1.11. The highest BCUT2D eigenvalue weighted by Gasteiger charge is 2.35. The molecule has 3 rings (SSSR count). The summed E-state index contributed by atoms with van der Waals surface area (Å²) in [5, 5.41) is 11.0. The zero-order valence-electron chi connectivity index (χ0n) is 12.2. The van der Waals surface area contributed by atoms with Gasteiger partial charge in [0.15, 0.2) is 0 Å². The Morgan fingerprint density at radius 1 is 1.22 bits per heavy atom. The maximum absolute atomic E-state index is 12.3. The van der Waals surface area contributed by atoms with E-state index in [-0.39, 0.29) is 24.3 Å². The predicted octanol–water partition coefficient (Wildman–Crippen LogP) is 1.85. The number of hydrogen-bond acceptors (Lipinski definition) is 6. The maximum atomic E-state index is 12.3. The largest absolute Gasteiger partial charge is 0.297 e. The Balaban J connectivity index is 1.75. The summed E-state index contributed by atoms with van der Waals surface area (Å²) in [6.45, 7) is 5.13.